The van der Waals surface area contributed by atoms with Gasteiger partial charge in [0.1, 0.15) is 11.2 Å². The molecule has 0 saturated carbocycles. The van der Waals surface area contributed by atoms with E-state index < -0.39 is 85.0 Å². The maximum Gasteiger partial charge on any atom is 0.135 e. The van der Waals surface area contributed by atoms with Crippen LogP contribution < -0.4 is 0 Å². The zero-order valence-corrected chi connectivity index (χ0v) is 23.8. The highest BCUT2D eigenvalue weighted by Gasteiger charge is 2.18. The highest BCUT2D eigenvalue weighted by atomic mass is 16.3. The minimum Gasteiger partial charge on any atom is -0.456 e. The van der Waals surface area contributed by atoms with Crippen LogP contribution in [-0.4, -0.2) is 0 Å². The third-order valence-electron chi connectivity index (χ3n) is 8.54. The first-order chi connectivity index (χ1) is 27.7. The standard InChI is InChI=1S/C44H30O/c1-2-12-29(13-3-1)26-39-35-18-6-8-20-37(35)40(38-21-9-7-19-36(38)39)28-32-16-11-23-43-44(32)41-27-31(24-25-42(41)45-43)34-22-10-15-30-14-4-5-17-33(30)34/h1-25,27H,26,28H2/i1D,2D,3D,6D,7D,8D,9D,12D,13D,18D,19D,20D,21D. The van der Waals surface area contributed by atoms with Crippen LogP contribution in [0.1, 0.15) is 40.1 Å². The van der Waals surface area contributed by atoms with Gasteiger partial charge in [0, 0.05) is 10.8 Å². The Morgan fingerprint density at radius 3 is 1.89 bits per heavy atom. The van der Waals surface area contributed by atoms with Crippen LogP contribution in [0.2, 0.25) is 0 Å². The molecule has 1 nitrogen and oxygen atoms in total. The number of rotatable bonds is 5. The van der Waals surface area contributed by atoms with Gasteiger partial charge in [0.2, 0.25) is 0 Å². The fraction of sp³-hybridized carbons (Fsp3) is 0.0455. The maximum atomic E-state index is 9.28. The third-order valence-corrected chi connectivity index (χ3v) is 8.54. The molecule has 1 aromatic heterocycles. The fourth-order valence-electron chi connectivity index (χ4n) is 6.56. The first-order valence-corrected chi connectivity index (χ1v) is 14.6. The summed E-state index contributed by atoms with van der Waals surface area (Å²) in [7, 11) is 0. The molecule has 0 aliphatic heterocycles. The van der Waals surface area contributed by atoms with Crippen molar-refractivity contribution >= 4 is 54.3 Å². The van der Waals surface area contributed by atoms with Crippen molar-refractivity contribution in [3.05, 3.63) is 180 Å². The Bertz CT molecular complexity index is 3160. The van der Waals surface area contributed by atoms with Crippen LogP contribution in [0.15, 0.2) is 162 Å². The number of hydrogen-bond acceptors (Lipinski definition) is 1. The molecule has 0 N–H and O–H groups in total. The van der Waals surface area contributed by atoms with Crippen LogP contribution in [0.3, 0.4) is 0 Å². The van der Waals surface area contributed by atoms with Crippen LogP contribution in [0, 0.1) is 0 Å². The molecular formula is C44H30O. The SMILES string of the molecule is [2H]c1c([2H])c([2H])c(Cc2c3c([2H])c([2H])c([2H])c([2H])c3c(Cc3cccc4oc5ccc(-c6cccc7ccccc67)cc5c34)c3c([2H])c([2H])c([2H])c([2H])c23)c([2H])c1[2H]. The summed E-state index contributed by atoms with van der Waals surface area (Å²) in [6, 6.07) is 18.6. The van der Waals surface area contributed by atoms with Gasteiger partial charge >= 0.3 is 0 Å². The van der Waals surface area contributed by atoms with Crippen LogP contribution in [-0.2, 0) is 12.8 Å². The van der Waals surface area contributed by atoms with Crippen molar-refractivity contribution in [3.8, 4) is 11.1 Å². The Kier molecular flexibility index (Phi) is 3.71. The monoisotopic (exact) mass is 587 g/mol. The van der Waals surface area contributed by atoms with Gasteiger partial charge in [0.25, 0.3) is 0 Å². The number of fused-ring (bicyclic) bond motifs is 6. The van der Waals surface area contributed by atoms with E-state index in [-0.39, 0.29) is 44.7 Å². The van der Waals surface area contributed by atoms with Crippen molar-refractivity contribution in [1.29, 1.82) is 0 Å². The summed E-state index contributed by atoms with van der Waals surface area (Å²) in [5.74, 6) is 0. The van der Waals surface area contributed by atoms with Gasteiger partial charge in [-0.3, -0.25) is 0 Å². The molecule has 9 rings (SSSR count). The Labute approximate surface area is 280 Å². The number of furan rings is 1. The molecule has 1 heteroatoms. The molecule has 8 aromatic carbocycles. The summed E-state index contributed by atoms with van der Waals surface area (Å²) < 4.78 is 120. The average molecular weight is 588 g/mol. The van der Waals surface area contributed by atoms with Crippen LogP contribution in [0.4, 0.5) is 0 Å². The smallest absolute Gasteiger partial charge is 0.135 e. The molecule has 0 saturated heterocycles. The zero-order valence-electron chi connectivity index (χ0n) is 36.8. The molecule has 0 amide bonds. The summed E-state index contributed by atoms with van der Waals surface area (Å²) in [5.41, 5.74) is 3.84. The van der Waals surface area contributed by atoms with Crippen molar-refractivity contribution in [2.24, 2.45) is 0 Å². The van der Waals surface area contributed by atoms with Crippen LogP contribution in [0.5, 0.6) is 0 Å². The molecule has 0 bridgehead atoms. The van der Waals surface area contributed by atoms with E-state index in [1.54, 1.807) is 6.07 Å². The van der Waals surface area contributed by atoms with E-state index in [1.807, 2.05) is 48.5 Å². The van der Waals surface area contributed by atoms with Gasteiger partial charge in [-0.25, -0.2) is 0 Å². The Morgan fingerprint density at radius 2 is 1.13 bits per heavy atom. The lowest BCUT2D eigenvalue weighted by Gasteiger charge is -2.18. The molecular weight excluding hydrogens is 544 g/mol. The molecule has 0 spiro atoms. The lowest BCUT2D eigenvalue weighted by atomic mass is 9.86. The molecule has 0 radical (unpaired) electrons. The molecule has 0 fully saturated rings. The Hall–Kier alpha value is -5.66. The van der Waals surface area contributed by atoms with Gasteiger partial charge in [-0.15, -0.1) is 0 Å². The lowest BCUT2D eigenvalue weighted by Crippen LogP contribution is -1.98. The van der Waals surface area contributed by atoms with Gasteiger partial charge in [-0.2, -0.15) is 0 Å². The second-order valence-corrected chi connectivity index (χ2v) is 11.0. The summed E-state index contributed by atoms with van der Waals surface area (Å²) >= 11 is 0. The maximum absolute atomic E-state index is 9.28. The van der Waals surface area contributed by atoms with E-state index in [0.717, 1.165) is 32.7 Å². The van der Waals surface area contributed by atoms with Crippen molar-refractivity contribution in [2.45, 2.75) is 12.8 Å². The second kappa shape index (κ2) is 10.5. The number of benzene rings is 8. The molecule has 0 aliphatic rings. The van der Waals surface area contributed by atoms with E-state index in [0.29, 0.717) is 16.7 Å². The second-order valence-electron chi connectivity index (χ2n) is 11.0. The zero-order chi connectivity index (χ0) is 41.1. The third kappa shape index (κ3) is 4.31. The highest BCUT2D eigenvalue weighted by Crippen LogP contribution is 2.40. The minimum atomic E-state index is -0.613. The van der Waals surface area contributed by atoms with Gasteiger partial charge in [-0.1, -0.05) is 139 Å². The van der Waals surface area contributed by atoms with E-state index in [2.05, 4.69) is 24.3 Å². The summed E-state index contributed by atoms with van der Waals surface area (Å²) in [6.45, 7) is 0. The normalized spacial score (nSPS) is 15.8. The summed E-state index contributed by atoms with van der Waals surface area (Å²) in [5, 5.41) is 3.56. The molecule has 0 atom stereocenters. The Morgan fingerprint density at radius 1 is 0.489 bits per heavy atom. The largest absolute Gasteiger partial charge is 0.456 e. The summed E-state index contributed by atoms with van der Waals surface area (Å²) in [6.07, 6.45) is -0.525. The van der Waals surface area contributed by atoms with Gasteiger partial charge < -0.3 is 4.42 Å². The number of hydrogen-bond donors (Lipinski definition) is 0. The average Bonchev–Trinajstić information content (AvgIpc) is 3.62. The molecule has 0 unspecified atom stereocenters. The topological polar surface area (TPSA) is 13.1 Å². The van der Waals surface area contributed by atoms with E-state index >= 15 is 0 Å². The van der Waals surface area contributed by atoms with Crippen molar-refractivity contribution in [1.82, 2.24) is 0 Å². The first kappa shape index (κ1) is 15.9. The van der Waals surface area contributed by atoms with E-state index in [9.17, 15) is 5.48 Å². The fourth-order valence-corrected chi connectivity index (χ4v) is 6.56. The first-order valence-electron chi connectivity index (χ1n) is 21.1. The molecule has 212 valence electrons. The van der Waals surface area contributed by atoms with Crippen molar-refractivity contribution in [3.63, 3.8) is 0 Å². The predicted octanol–water partition coefficient (Wildman–Crippen LogP) is 11.9. The summed E-state index contributed by atoms with van der Waals surface area (Å²) in [4.78, 5) is 0. The van der Waals surface area contributed by atoms with E-state index in [1.165, 1.54) is 0 Å². The van der Waals surface area contributed by atoms with Crippen molar-refractivity contribution in [2.75, 3.05) is 0 Å². The van der Waals surface area contributed by atoms with E-state index in [4.69, 9.17) is 16.8 Å². The van der Waals surface area contributed by atoms with Crippen LogP contribution in [0.25, 0.3) is 65.4 Å². The lowest BCUT2D eigenvalue weighted by molar-refractivity contribution is 0.669. The quantitative estimate of drug-likeness (QED) is 0.183. The minimum absolute atomic E-state index is 0.00187. The predicted molar refractivity (Wildman–Crippen MR) is 190 cm³/mol. The highest BCUT2D eigenvalue weighted by molar-refractivity contribution is 6.11. The van der Waals surface area contributed by atoms with Crippen LogP contribution >= 0.6 is 0 Å². The molecule has 9 aromatic rings. The molecule has 1 heterocycles. The molecule has 45 heavy (non-hydrogen) atoms. The van der Waals surface area contributed by atoms with Gasteiger partial charge in [0.05, 0.1) is 17.8 Å². The van der Waals surface area contributed by atoms with Crippen molar-refractivity contribution < 1.29 is 22.2 Å². The van der Waals surface area contributed by atoms with Gasteiger partial charge in [0.15, 0.2) is 0 Å². The Balaban J connectivity index is 1.38. The molecule has 0 aliphatic carbocycles. The van der Waals surface area contributed by atoms with Gasteiger partial charge in [-0.05, 0) is 96.7 Å².